The Morgan fingerprint density at radius 3 is 2.50 bits per heavy atom. The van der Waals surface area contributed by atoms with Crippen LogP contribution in [0.2, 0.25) is 0 Å². The van der Waals surface area contributed by atoms with E-state index in [1.54, 1.807) is 0 Å². The van der Waals surface area contributed by atoms with Gasteiger partial charge in [0.25, 0.3) is 0 Å². The minimum Gasteiger partial charge on any atom is -0.458 e. The first-order valence-corrected chi connectivity index (χ1v) is 6.12. The highest BCUT2D eigenvalue weighted by Crippen LogP contribution is 2.15. The first-order valence-electron chi connectivity index (χ1n) is 6.12. The molecule has 0 aromatic rings. The topological polar surface area (TPSA) is 44.8 Å². The van der Waals surface area contributed by atoms with E-state index in [0.717, 1.165) is 12.8 Å². The zero-order chi connectivity index (χ0) is 11.8. The molecule has 1 aliphatic rings. The normalized spacial score (nSPS) is 25.4. The van der Waals surface area contributed by atoms with Gasteiger partial charge in [0, 0.05) is 6.92 Å². The van der Waals surface area contributed by atoms with Gasteiger partial charge in [0.15, 0.2) is 6.29 Å². The molecule has 0 aliphatic carbocycles. The van der Waals surface area contributed by atoms with Crippen LogP contribution in [0, 0.1) is 0 Å². The number of hydrogen-bond acceptors (Lipinski definition) is 4. The summed E-state index contributed by atoms with van der Waals surface area (Å²) in [5.41, 5.74) is 0. The Morgan fingerprint density at radius 2 is 1.94 bits per heavy atom. The third-order valence-electron chi connectivity index (χ3n) is 2.56. The van der Waals surface area contributed by atoms with Crippen LogP contribution in [0.1, 0.15) is 46.0 Å². The van der Waals surface area contributed by atoms with E-state index in [1.165, 1.54) is 26.2 Å². The number of hydrogen-bond donors (Lipinski definition) is 0. The van der Waals surface area contributed by atoms with Crippen LogP contribution in [0.25, 0.3) is 0 Å². The summed E-state index contributed by atoms with van der Waals surface area (Å²) >= 11 is 0. The molecule has 16 heavy (non-hydrogen) atoms. The molecule has 0 bridgehead atoms. The monoisotopic (exact) mass is 230 g/mol. The van der Waals surface area contributed by atoms with Crippen molar-refractivity contribution in [1.29, 1.82) is 0 Å². The number of ether oxygens (including phenoxy) is 3. The quantitative estimate of drug-likeness (QED) is 0.518. The fourth-order valence-corrected chi connectivity index (χ4v) is 1.73. The lowest BCUT2D eigenvalue weighted by molar-refractivity contribution is -0.227. The van der Waals surface area contributed by atoms with E-state index in [9.17, 15) is 4.79 Å². The molecule has 1 saturated heterocycles. The van der Waals surface area contributed by atoms with Crippen molar-refractivity contribution in [1.82, 2.24) is 0 Å². The predicted molar refractivity (Wildman–Crippen MR) is 60.0 cm³/mol. The molecule has 0 N–H and O–H groups in total. The maximum absolute atomic E-state index is 10.7. The molecule has 0 aromatic heterocycles. The fraction of sp³-hybridized carbons (Fsp3) is 0.917. The van der Waals surface area contributed by atoms with Crippen molar-refractivity contribution in [2.24, 2.45) is 0 Å². The molecule has 0 radical (unpaired) electrons. The number of rotatable bonds is 6. The Morgan fingerprint density at radius 1 is 1.25 bits per heavy atom. The van der Waals surface area contributed by atoms with Gasteiger partial charge in [0.05, 0.1) is 13.2 Å². The van der Waals surface area contributed by atoms with Crippen LogP contribution in [0.5, 0.6) is 0 Å². The molecule has 0 spiro atoms. The van der Waals surface area contributed by atoms with E-state index < -0.39 is 0 Å². The van der Waals surface area contributed by atoms with Crippen LogP contribution in [-0.4, -0.2) is 31.6 Å². The highest BCUT2D eigenvalue weighted by molar-refractivity contribution is 5.66. The molecule has 1 heterocycles. The van der Waals surface area contributed by atoms with Crippen molar-refractivity contribution in [3.8, 4) is 0 Å². The van der Waals surface area contributed by atoms with Gasteiger partial charge in [-0.15, -0.1) is 0 Å². The zero-order valence-corrected chi connectivity index (χ0v) is 10.2. The molecule has 4 nitrogen and oxygen atoms in total. The molecule has 0 amide bonds. The molecule has 0 aromatic carbocycles. The number of esters is 1. The van der Waals surface area contributed by atoms with Gasteiger partial charge in [-0.3, -0.25) is 4.79 Å². The van der Waals surface area contributed by atoms with Gasteiger partial charge in [0.1, 0.15) is 6.10 Å². The second kappa shape index (κ2) is 7.63. The Labute approximate surface area is 97.2 Å². The smallest absolute Gasteiger partial charge is 0.303 e. The van der Waals surface area contributed by atoms with Gasteiger partial charge < -0.3 is 14.2 Å². The molecular formula is C12H22O4. The van der Waals surface area contributed by atoms with Gasteiger partial charge in [-0.25, -0.2) is 0 Å². The second-order valence-corrected chi connectivity index (χ2v) is 4.18. The molecular weight excluding hydrogens is 208 g/mol. The third-order valence-corrected chi connectivity index (χ3v) is 2.56. The van der Waals surface area contributed by atoms with E-state index in [-0.39, 0.29) is 18.4 Å². The molecule has 0 saturated carbocycles. The van der Waals surface area contributed by atoms with E-state index in [1.807, 2.05) is 0 Å². The van der Waals surface area contributed by atoms with Crippen LogP contribution in [0.3, 0.4) is 0 Å². The second-order valence-electron chi connectivity index (χ2n) is 4.18. The largest absolute Gasteiger partial charge is 0.458 e. The average molecular weight is 230 g/mol. The van der Waals surface area contributed by atoms with Crippen LogP contribution in [0.15, 0.2) is 0 Å². The molecule has 94 valence electrons. The van der Waals surface area contributed by atoms with Crippen molar-refractivity contribution in [2.75, 3.05) is 13.2 Å². The first kappa shape index (κ1) is 13.5. The third kappa shape index (κ3) is 5.47. The van der Waals surface area contributed by atoms with E-state index in [4.69, 9.17) is 14.2 Å². The van der Waals surface area contributed by atoms with Crippen molar-refractivity contribution >= 4 is 5.97 Å². The summed E-state index contributed by atoms with van der Waals surface area (Å²) in [7, 11) is 0. The zero-order valence-electron chi connectivity index (χ0n) is 10.2. The van der Waals surface area contributed by atoms with Gasteiger partial charge in [-0.2, -0.15) is 0 Å². The summed E-state index contributed by atoms with van der Waals surface area (Å²) in [6.07, 6.45) is 5.47. The minimum absolute atomic E-state index is 0.108. The molecule has 0 unspecified atom stereocenters. The lowest BCUT2D eigenvalue weighted by Gasteiger charge is -2.28. The number of unbranched alkanes of at least 4 members (excludes halogenated alkanes) is 3. The van der Waals surface area contributed by atoms with Gasteiger partial charge >= 0.3 is 5.97 Å². The summed E-state index contributed by atoms with van der Waals surface area (Å²) in [6.45, 7) is 4.50. The first-order chi connectivity index (χ1) is 7.72. The highest BCUT2D eigenvalue weighted by Gasteiger charge is 2.23. The Balaban J connectivity index is 2.05. The Bertz CT molecular complexity index is 197. The van der Waals surface area contributed by atoms with E-state index in [0.29, 0.717) is 13.2 Å². The summed E-state index contributed by atoms with van der Waals surface area (Å²) in [6, 6.07) is 0. The van der Waals surface area contributed by atoms with Crippen LogP contribution < -0.4 is 0 Å². The maximum atomic E-state index is 10.7. The van der Waals surface area contributed by atoms with Gasteiger partial charge in [-0.05, 0) is 12.8 Å². The summed E-state index contributed by atoms with van der Waals surface area (Å²) in [4.78, 5) is 10.7. The molecule has 1 fully saturated rings. The molecule has 0 atom stereocenters. The summed E-state index contributed by atoms with van der Waals surface area (Å²) < 4.78 is 15.9. The SMILES string of the molecule is CCCCCCC1OCC(OC(C)=O)CO1. The highest BCUT2D eigenvalue weighted by atomic mass is 16.7. The summed E-state index contributed by atoms with van der Waals surface area (Å²) in [5, 5.41) is 0. The number of carbonyl (C=O) groups is 1. The van der Waals surface area contributed by atoms with Crippen molar-refractivity contribution in [3.63, 3.8) is 0 Å². The standard InChI is InChI=1S/C12H22O4/c1-3-4-5-6-7-12-14-8-11(9-15-12)16-10(2)13/h11-12H,3-9H2,1-2H3. The Kier molecular flexibility index (Phi) is 6.42. The fourth-order valence-electron chi connectivity index (χ4n) is 1.73. The predicted octanol–water partition coefficient (Wildman–Crippen LogP) is 2.26. The lowest BCUT2D eigenvalue weighted by atomic mass is 10.1. The molecule has 1 aliphatic heterocycles. The molecule has 1 rings (SSSR count). The van der Waals surface area contributed by atoms with Crippen molar-refractivity contribution in [3.05, 3.63) is 0 Å². The average Bonchev–Trinajstić information content (AvgIpc) is 2.26. The van der Waals surface area contributed by atoms with Crippen molar-refractivity contribution in [2.45, 2.75) is 58.3 Å². The Hall–Kier alpha value is -0.610. The van der Waals surface area contributed by atoms with Gasteiger partial charge in [-0.1, -0.05) is 26.2 Å². The van der Waals surface area contributed by atoms with E-state index in [2.05, 4.69) is 6.92 Å². The van der Waals surface area contributed by atoms with Crippen LogP contribution in [0.4, 0.5) is 0 Å². The summed E-state index contributed by atoms with van der Waals surface area (Å²) in [5.74, 6) is -0.279. The van der Waals surface area contributed by atoms with E-state index >= 15 is 0 Å². The van der Waals surface area contributed by atoms with Crippen molar-refractivity contribution < 1.29 is 19.0 Å². The lowest BCUT2D eigenvalue weighted by Crippen LogP contribution is -2.38. The van der Waals surface area contributed by atoms with Crippen LogP contribution >= 0.6 is 0 Å². The number of carbonyl (C=O) groups excluding carboxylic acids is 1. The maximum Gasteiger partial charge on any atom is 0.303 e. The molecule has 4 heteroatoms. The minimum atomic E-state index is -0.279. The van der Waals surface area contributed by atoms with Crippen LogP contribution in [-0.2, 0) is 19.0 Å². The van der Waals surface area contributed by atoms with Gasteiger partial charge in [0.2, 0.25) is 0 Å².